The van der Waals surface area contributed by atoms with Crippen LogP contribution in [0.5, 0.6) is 0 Å². The van der Waals surface area contributed by atoms with Crippen LogP contribution in [0.4, 0.5) is 24.8 Å². The average molecular weight is 539 g/mol. The number of aromatic nitrogens is 4. The summed E-state index contributed by atoms with van der Waals surface area (Å²) in [6.45, 7) is 7.08. The lowest BCUT2D eigenvalue weighted by molar-refractivity contribution is -0.137. The van der Waals surface area contributed by atoms with Gasteiger partial charge in [-0.1, -0.05) is 20.3 Å². The molecular formula is C25H33F3N6O2S. The minimum Gasteiger partial charge on any atom is -0.324 e. The summed E-state index contributed by atoms with van der Waals surface area (Å²) in [6, 6.07) is 4.64. The molecule has 202 valence electrons. The highest BCUT2D eigenvalue weighted by atomic mass is 32.2. The topological polar surface area (TPSA) is 93.0 Å². The van der Waals surface area contributed by atoms with Crippen LogP contribution in [-0.4, -0.2) is 45.6 Å². The molecule has 3 aromatic rings. The SMILES string of the molecule is CCC(C)C1CCN(S(=O)(=O)c2ccc(Nc3ncc(C(F)(F)F)c(-c4cnn(C)c4)n3)c(C)c2)CC1.[HH]. The van der Waals surface area contributed by atoms with E-state index in [4.69, 9.17) is 0 Å². The van der Waals surface area contributed by atoms with Crippen LogP contribution in [0.2, 0.25) is 0 Å². The molecule has 4 rings (SSSR count). The lowest BCUT2D eigenvalue weighted by Gasteiger charge is -2.34. The van der Waals surface area contributed by atoms with E-state index in [1.807, 2.05) is 0 Å². The van der Waals surface area contributed by atoms with Gasteiger partial charge in [0.1, 0.15) is 5.56 Å². The minimum atomic E-state index is -4.64. The molecule has 0 saturated carbocycles. The number of benzene rings is 1. The van der Waals surface area contributed by atoms with Crippen molar-refractivity contribution in [3.8, 4) is 11.3 Å². The summed E-state index contributed by atoms with van der Waals surface area (Å²) < 4.78 is 70.1. The van der Waals surface area contributed by atoms with Crippen LogP contribution in [0, 0.1) is 18.8 Å². The molecule has 0 aliphatic carbocycles. The molecule has 1 atom stereocenters. The normalized spacial score (nSPS) is 16.6. The number of nitrogens with zero attached hydrogens (tertiary/aromatic N) is 5. The summed E-state index contributed by atoms with van der Waals surface area (Å²) in [7, 11) is -2.05. The Balaban J connectivity index is 0.00000400. The molecule has 0 radical (unpaired) electrons. The van der Waals surface area contributed by atoms with E-state index >= 15 is 0 Å². The second-order valence-electron chi connectivity index (χ2n) is 9.59. The summed E-state index contributed by atoms with van der Waals surface area (Å²) in [5.41, 5.74) is 0.0286. The largest absolute Gasteiger partial charge is 0.419 e. The summed E-state index contributed by atoms with van der Waals surface area (Å²) in [5, 5.41) is 6.87. The van der Waals surface area contributed by atoms with E-state index in [0.717, 1.165) is 25.5 Å². The highest BCUT2D eigenvalue weighted by molar-refractivity contribution is 7.89. The van der Waals surface area contributed by atoms with Crippen molar-refractivity contribution in [2.75, 3.05) is 18.4 Å². The molecule has 3 heterocycles. The zero-order chi connectivity index (χ0) is 27.0. The van der Waals surface area contributed by atoms with Gasteiger partial charge in [-0.2, -0.15) is 22.6 Å². The number of hydrogen-bond donors (Lipinski definition) is 1. The van der Waals surface area contributed by atoms with E-state index in [9.17, 15) is 21.6 Å². The maximum Gasteiger partial charge on any atom is 0.419 e. The Labute approximate surface area is 216 Å². The first kappa shape index (κ1) is 27.1. The molecule has 1 unspecified atom stereocenters. The third-order valence-electron chi connectivity index (χ3n) is 7.10. The van der Waals surface area contributed by atoms with Gasteiger partial charge >= 0.3 is 6.18 Å². The highest BCUT2D eigenvalue weighted by Crippen LogP contribution is 2.36. The van der Waals surface area contributed by atoms with Gasteiger partial charge < -0.3 is 5.32 Å². The van der Waals surface area contributed by atoms with Gasteiger partial charge in [0.2, 0.25) is 16.0 Å². The first-order valence-electron chi connectivity index (χ1n) is 12.2. The molecule has 0 spiro atoms. The molecule has 1 aliphatic rings. The van der Waals surface area contributed by atoms with Crippen LogP contribution in [0.15, 0.2) is 41.7 Å². The molecule has 12 heteroatoms. The molecule has 37 heavy (non-hydrogen) atoms. The van der Waals surface area contributed by atoms with Gasteiger partial charge in [0.05, 0.1) is 16.8 Å². The lowest BCUT2D eigenvalue weighted by atomic mass is 9.85. The van der Waals surface area contributed by atoms with Crippen LogP contribution in [0.3, 0.4) is 0 Å². The standard InChI is InChI=1S/C25H31F3N6O2S.H2/c1-5-16(2)18-8-10-34(11-9-18)37(35,36)20-6-7-22(17(3)12-20)31-24-29-14-21(25(26,27)28)23(32-24)19-13-30-33(4)15-19;/h6-7,12-16,18H,5,8-11H2,1-4H3,(H,29,31,32);1H. The fourth-order valence-electron chi connectivity index (χ4n) is 4.64. The van der Waals surface area contributed by atoms with Crippen LogP contribution < -0.4 is 5.32 Å². The Morgan fingerprint density at radius 3 is 2.49 bits per heavy atom. The molecular weight excluding hydrogens is 505 g/mol. The Bertz CT molecular complexity index is 1370. The second kappa shape index (κ2) is 10.4. The number of aryl methyl sites for hydroxylation is 2. The number of nitrogens with one attached hydrogen (secondary N) is 1. The van der Waals surface area contributed by atoms with Gasteiger partial charge in [-0.05, 0) is 55.4 Å². The van der Waals surface area contributed by atoms with E-state index in [0.29, 0.717) is 36.2 Å². The van der Waals surface area contributed by atoms with Crippen LogP contribution in [0.1, 0.15) is 45.7 Å². The second-order valence-corrected chi connectivity index (χ2v) is 11.5. The smallest absolute Gasteiger partial charge is 0.324 e. The Kier molecular flexibility index (Phi) is 7.61. The lowest BCUT2D eigenvalue weighted by Crippen LogP contribution is -2.39. The number of rotatable bonds is 7. The van der Waals surface area contributed by atoms with Gasteiger partial charge in [-0.3, -0.25) is 4.68 Å². The predicted octanol–water partition coefficient (Wildman–Crippen LogP) is 5.64. The number of halogens is 3. The van der Waals surface area contributed by atoms with E-state index in [1.54, 1.807) is 26.1 Å². The molecule has 1 aromatic carbocycles. The summed E-state index contributed by atoms with van der Waals surface area (Å²) >= 11 is 0. The average Bonchev–Trinajstić information content (AvgIpc) is 3.30. The summed E-state index contributed by atoms with van der Waals surface area (Å²) in [5.74, 6) is 1.06. The zero-order valence-corrected chi connectivity index (χ0v) is 22.1. The van der Waals surface area contributed by atoms with E-state index in [2.05, 4.69) is 34.2 Å². The van der Waals surface area contributed by atoms with Crippen molar-refractivity contribution in [2.45, 2.75) is 51.1 Å². The van der Waals surface area contributed by atoms with Gasteiger partial charge in [-0.25, -0.2) is 18.4 Å². The summed E-state index contributed by atoms with van der Waals surface area (Å²) in [4.78, 5) is 8.14. The monoisotopic (exact) mass is 538 g/mol. The molecule has 1 saturated heterocycles. The first-order valence-corrected chi connectivity index (χ1v) is 13.6. The fourth-order valence-corrected chi connectivity index (χ4v) is 6.19. The predicted molar refractivity (Wildman–Crippen MR) is 137 cm³/mol. The Morgan fingerprint density at radius 2 is 1.92 bits per heavy atom. The van der Waals surface area contributed by atoms with Crippen LogP contribution >= 0.6 is 0 Å². The van der Waals surface area contributed by atoms with Crippen LogP contribution in [-0.2, 0) is 23.2 Å². The zero-order valence-electron chi connectivity index (χ0n) is 21.2. The molecule has 8 nitrogen and oxygen atoms in total. The fraction of sp³-hybridized carbons (Fsp3) is 0.480. The Hall–Kier alpha value is -2.99. The van der Waals surface area contributed by atoms with E-state index < -0.39 is 21.8 Å². The third-order valence-corrected chi connectivity index (χ3v) is 9.00. The number of hydrogen-bond acceptors (Lipinski definition) is 6. The molecule has 1 fully saturated rings. The van der Waals surface area contributed by atoms with E-state index in [1.165, 1.54) is 27.4 Å². The van der Waals surface area contributed by atoms with Gasteiger partial charge in [0.25, 0.3) is 0 Å². The minimum absolute atomic E-state index is 0. The van der Waals surface area contributed by atoms with Crippen molar-refractivity contribution in [3.63, 3.8) is 0 Å². The highest BCUT2D eigenvalue weighted by Gasteiger charge is 2.36. The quantitative estimate of drug-likeness (QED) is 0.419. The number of sulfonamides is 1. The van der Waals surface area contributed by atoms with Crippen LogP contribution in [0.25, 0.3) is 11.3 Å². The molecule has 2 aromatic heterocycles. The number of piperidine rings is 1. The van der Waals surface area contributed by atoms with E-state index in [-0.39, 0.29) is 23.5 Å². The van der Waals surface area contributed by atoms with Gasteiger partial charge in [0, 0.05) is 45.2 Å². The number of anilines is 2. The van der Waals surface area contributed by atoms with Gasteiger partial charge in [-0.15, -0.1) is 0 Å². The maximum atomic E-state index is 13.6. The van der Waals surface area contributed by atoms with Crippen molar-refractivity contribution >= 4 is 21.7 Å². The molecule has 1 aliphatic heterocycles. The van der Waals surface area contributed by atoms with Crippen molar-refractivity contribution in [1.82, 2.24) is 24.1 Å². The van der Waals surface area contributed by atoms with Crippen molar-refractivity contribution < 1.29 is 23.0 Å². The first-order chi connectivity index (χ1) is 17.4. The van der Waals surface area contributed by atoms with Gasteiger partial charge in [0.15, 0.2) is 0 Å². The molecule has 0 amide bonds. The van der Waals surface area contributed by atoms with Crippen molar-refractivity contribution in [1.29, 1.82) is 0 Å². The Morgan fingerprint density at radius 1 is 1.22 bits per heavy atom. The number of alkyl halides is 3. The molecule has 0 bridgehead atoms. The third kappa shape index (κ3) is 5.80. The summed E-state index contributed by atoms with van der Waals surface area (Å²) in [6.07, 6.45) is 1.61. The van der Waals surface area contributed by atoms with Crippen molar-refractivity contribution in [2.24, 2.45) is 18.9 Å². The maximum absolute atomic E-state index is 13.6. The van der Waals surface area contributed by atoms with Crippen molar-refractivity contribution in [3.05, 3.63) is 47.9 Å². The molecule has 1 N–H and O–H groups in total.